The van der Waals surface area contributed by atoms with Crippen LogP contribution in [0.4, 0.5) is 0 Å². The van der Waals surface area contributed by atoms with Gasteiger partial charge in [0.15, 0.2) is 0 Å². The minimum atomic E-state index is -0.211. The molecule has 64 heavy (non-hydrogen) atoms. The third-order valence-electron chi connectivity index (χ3n) is 15.5. The van der Waals surface area contributed by atoms with Crippen LogP contribution < -0.4 is 9.47 Å². The van der Waals surface area contributed by atoms with Crippen LogP contribution in [0.3, 0.4) is 0 Å². The number of fused-ring (bicyclic) bond motifs is 4. The van der Waals surface area contributed by atoms with Crippen molar-refractivity contribution in [2.24, 2.45) is 5.92 Å². The molecule has 0 fully saturated rings. The van der Waals surface area contributed by atoms with Crippen molar-refractivity contribution in [2.75, 3.05) is 0 Å². The smallest absolute Gasteiger partial charge is 0.131 e. The van der Waals surface area contributed by atoms with Crippen LogP contribution in [0.15, 0.2) is 84.9 Å². The van der Waals surface area contributed by atoms with E-state index in [0.717, 1.165) is 107 Å². The van der Waals surface area contributed by atoms with Gasteiger partial charge in [-0.15, -0.1) is 0 Å². The zero-order valence-electron chi connectivity index (χ0n) is 38.8. The Morgan fingerprint density at radius 1 is 0.391 bits per heavy atom. The molecule has 2 N–H and O–H groups in total. The molecule has 6 aromatic rings. The second-order valence-corrected chi connectivity index (χ2v) is 19.8. The lowest BCUT2D eigenvalue weighted by atomic mass is 9.76. The number of aryl methyl sites for hydroxylation is 6. The molecule has 0 radical (unpaired) electrons. The quantitative estimate of drug-likeness (QED) is 0.144. The number of hydrogen-bond acceptors (Lipinski definition) is 4. The minimum absolute atomic E-state index is 0.00539. The first kappa shape index (κ1) is 42.5. The molecule has 0 aliphatic heterocycles. The molecule has 0 bridgehead atoms. The SMILES string of the molecule is Cc1cc(-c2ccccc2O[C@H](C)C(C)[C@@H](C)Oc2ccccc2-c2cc(C)cc(-c3c4c(cc5c3CCCC5)CCCC4)c2O)c(O)c(-c2c3c(cc4c2CCCC4)CCCC3)c1. The second kappa shape index (κ2) is 17.8. The molecule has 0 saturated carbocycles. The van der Waals surface area contributed by atoms with Gasteiger partial charge < -0.3 is 19.7 Å². The molecule has 330 valence electrons. The predicted molar refractivity (Wildman–Crippen MR) is 263 cm³/mol. The van der Waals surface area contributed by atoms with E-state index in [-0.39, 0.29) is 18.1 Å². The fourth-order valence-electron chi connectivity index (χ4n) is 11.9. The van der Waals surface area contributed by atoms with E-state index in [4.69, 9.17) is 9.47 Å². The maximum atomic E-state index is 12.4. The molecule has 0 unspecified atom stereocenters. The topological polar surface area (TPSA) is 58.9 Å². The fourth-order valence-corrected chi connectivity index (χ4v) is 11.9. The first-order chi connectivity index (χ1) is 31.1. The van der Waals surface area contributed by atoms with Crippen LogP contribution in [-0.4, -0.2) is 22.4 Å². The summed E-state index contributed by atoms with van der Waals surface area (Å²) in [6.07, 6.45) is 18.1. The molecular formula is C60H66O4. The van der Waals surface area contributed by atoms with Crippen LogP contribution in [0.5, 0.6) is 23.0 Å². The molecule has 6 aromatic carbocycles. The summed E-state index contributed by atoms with van der Waals surface area (Å²) in [5.74, 6) is 2.19. The highest BCUT2D eigenvalue weighted by atomic mass is 16.5. The van der Waals surface area contributed by atoms with Crippen LogP contribution in [0, 0.1) is 19.8 Å². The largest absolute Gasteiger partial charge is 0.507 e. The Hall–Kier alpha value is -5.48. The highest BCUT2D eigenvalue weighted by molar-refractivity contribution is 5.90. The number of benzene rings is 6. The molecular weight excluding hydrogens is 785 g/mol. The molecule has 4 nitrogen and oxygen atoms in total. The molecule has 2 atom stereocenters. The second-order valence-electron chi connectivity index (χ2n) is 19.8. The number of rotatable bonds is 10. The van der Waals surface area contributed by atoms with E-state index in [0.29, 0.717) is 11.5 Å². The number of aromatic hydroxyl groups is 2. The highest BCUT2D eigenvalue weighted by Gasteiger charge is 2.30. The minimum Gasteiger partial charge on any atom is -0.507 e. The van der Waals surface area contributed by atoms with Crippen molar-refractivity contribution in [2.45, 2.75) is 150 Å². The van der Waals surface area contributed by atoms with E-state index in [1.54, 1.807) is 0 Å². The van der Waals surface area contributed by atoms with Gasteiger partial charge in [0.05, 0.1) is 0 Å². The van der Waals surface area contributed by atoms with E-state index in [9.17, 15) is 10.2 Å². The van der Waals surface area contributed by atoms with Gasteiger partial charge in [0.1, 0.15) is 35.2 Å². The van der Waals surface area contributed by atoms with E-state index in [2.05, 4.69) is 83.1 Å². The fraction of sp³-hybridized carbons (Fsp3) is 0.400. The van der Waals surface area contributed by atoms with E-state index >= 15 is 0 Å². The first-order valence-corrected chi connectivity index (χ1v) is 24.7. The molecule has 0 spiro atoms. The van der Waals surface area contributed by atoms with E-state index in [1.807, 2.05) is 36.4 Å². The maximum absolute atomic E-state index is 12.4. The van der Waals surface area contributed by atoms with Crippen molar-refractivity contribution >= 4 is 0 Å². The van der Waals surface area contributed by atoms with Gasteiger partial charge in [-0.3, -0.25) is 0 Å². The third-order valence-corrected chi connectivity index (χ3v) is 15.5. The summed E-state index contributed by atoms with van der Waals surface area (Å²) in [7, 11) is 0. The Balaban J connectivity index is 0.939. The van der Waals surface area contributed by atoms with Crippen molar-refractivity contribution in [1.82, 2.24) is 0 Å². The molecule has 10 rings (SSSR count). The van der Waals surface area contributed by atoms with Crippen LogP contribution in [0.25, 0.3) is 44.5 Å². The number of phenols is 2. The van der Waals surface area contributed by atoms with Gasteiger partial charge in [0.2, 0.25) is 0 Å². The first-order valence-electron chi connectivity index (χ1n) is 24.7. The third kappa shape index (κ3) is 7.90. The Kier molecular flexibility index (Phi) is 11.8. The number of phenolic OH excluding ortho intramolecular Hbond substituents is 2. The van der Waals surface area contributed by atoms with Crippen molar-refractivity contribution in [3.8, 4) is 67.5 Å². The van der Waals surface area contributed by atoms with Crippen molar-refractivity contribution in [3.05, 3.63) is 141 Å². The lowest BCUT2D eigenvalue weighted by Crippen LogP contribution is -2.33. The molecule has 0 amide bonds. The average Bonchev–Trinajstić information content (AvgIpc) is 3.31. The Morgan fingerprint density at radius 2 is 0.703 bits per heavy atom. The summed E-state index contributed by atoms with van der Waals surface area (Å²) in [4.78, 5) is 0. The van der Waals surface area contributed by atoms with Gasteiger partial charge in [-0.1, -0.05) is 55.5 Å². The molecule has 0 saturated heterocycles. The summed E-state index contributed by atoms with van der Waals surface area (Å²) in [5, 5.41) is 24.8. The van der Waals surface area contributed by atoms with E-state index < -0.39 is 0 Å². The summed E-state index contributed by atoms with van der Waals surface area (Å²) < 4.78 is 13.8. The van der Waals surface area contributed by atoms with Crippen LogP contribution in [-0.2, 0) is 51.4 Å². The van der Waals surface area contributed by atoms with Crippen molar-refractivity contribution < 1.29 is 19.7 Å². The predicted octanol–water partition coefficient (Wildman–Crippen LogP) is 14.8. The van der Waals surface area contributed by atoms with Crippen molar-refractivity contribution in [1.29, 1.82) is 0 Å². The molecule has 4 heteroatoms. The number of hydrogen-bond donors (Lipinski definition) is 2. The summed E-state index contributed by atoms with van der Waals surface area (Å²) in [5.41, 5.74) is 22.0. The lowest BCUT2D eigenvalue weighted by Gasteiger charge is -2.30. The number of para-hydroxylation sites is 2. The van der Waals surface area contributed by atoms with Gasteiger partial charge in [-0.05, 0) is 234 Å². The summed E-state index contributed by atoms with van der Waals surface area (Å²) >= 11 is 0. The van der Waals surface area contributed by atoms with Gasteiger partial charge >= 0.3 is 0 Å². The summed E-state index contributed by atoms with van der Waals surface area (Å²) in [6, 6.07) is 30.0. The molecule has 0 heterocycles. The standard InChI is InChI=1S/C60H66O4/c1-36-30-51(59(61)53(32-36)57-45-22-10-6-18-41(45)34-42-19-7-11-23-46(42)57)49-26-14-16-28-55(49)63-39(4)38(3)40(5)64-56-29-17-15-27-50(56)52-31-37(2)33-54(60(52)62)58-47-24-12-8-20-43(47)35-44-21-9-13-25-48(44)58/h14-17,26-35,38-40,61-62H,6-13,18-25H2,1-5H3/t39-,40-/m1/s1. The Morgan fingerprint density at radius 3 is 1.06 bits per heavy atom. The van der Waals surface area contributed by atoms with Gasteiger partial charge in [-0.25, -0.2) is 0 Å². The monoisotopic (exact) mass is 850 g/mol. The molecule has 4 aliphatic carbocycles. The zero-order valence-corrected chi connectivity index (χ0v) is 38.8. The van der Waals surface area contributed by atoms with Crippen LogP contribution >= 0.6 is 0 Å². The molecule has 4 aliphatic rings. The lowest BCUT2D eigenvalue weighted by molar-refractivity contribution is 0.0706. The van der Waals surface area contributed by atoms with Gasteiger partial charge in [0.25, 0.3) is 0 Å². The van der Waals surface area contributed by atoms with Crippen LogP contribution in [0.1, 0.15) is 128 Å². The number of ether oxygens (including phenoxy) is 2. The maximum Gasteiger partial charge on any atom is 0.131 e. The van der Waals surface area contributed by atoms with Crippen molar-refractivity contribution in [3.63, 3.8) is 0 Å². The zero-order chi connectivity index (χ0) is 44.1. The van der Waals surface area contributed by atoms with Gasteiger partial charge in [-0.2, -0.15) is 0 Å². The molecule has 0 aromatic heterocycles. The summed E-state index contributed by atoms with van der Waals surface area (Å²) in [6.45, 7) is 10.7. The average molecular weight is 851 g/mol. The Labute approximate surface area is 381 Å². The normalized spacial score (nSPS) is 16.6. The Bertz CT molecular complexity index is 2480. The van der Waals surface area contributed by atoms with Gasteiger partial charge in [0, 0.05) is 39.3 Å². The van der Waals surface area contributed by atoms with Crippen LogP contribution in [0.2, 0.25) is 0 Å². The highest BCUT2D eigenvalue weighted by Crippen LogP contribution is 2.50. The van der Waals surface area contributed by atoms with E-state index in [1.165, 1.54) is 107 Å².